The molecule has 1 amide bonds. The first-order valence-corrected chi connectivity index (χ1v) is 6.22. The van der Waals surface area contributed by atoms with Crippen molar-refractivity contribution >= 4 is 22.6 Å². The number of aromatic amines is 1. The van der Waals surface area contributed by atoms with E-state index in [0.29, 0.717) is 16.7 Å². The fourth-order valence-corrected chi connectivity index (χ4v) is 1.74. The number of H-pyrrole nitrogens is 1. The molecule has 0 aliphatic carbocycles. The van der Waals surface area contributed by atoms with Crippen LogP contribution in [0.4, 0.5) is 14.5 Å². The van der Waals surface area contributed by atoms with Crippen LogP contribution in [0.25, 0.3) is 11.0 Å². The van der Waals surface area contributed by atoms with Gasteiger partial charge in [0.15, 0.2) is 5.82 Å². The number of amides is 1. The summed E-state index contributed by atoms with van der Waals surface area (Å²) in [5, 5.41) is 2.65. The number of carbonyl (C=O) groups is 1. The molecule has 7 heteroatoms. The maximum Gasteiger partial charge on any atom is 0.295 e. The van der Waals surface area contributed by atoms with E-state index in [0.717, 1.165) is 0 Å². The molecule has 1 aromatic carbocycles. The van der Waals surface area contributed by atoms with Gasteiger partial charge in [-0.15, -0.1) is 0 Å². The molecule has 4 N–H and O–H groups in total. The van der Waals surface area contributed by atoms with Crippen LogP contribution in [-0.2, 0) is 4.79 Å². The van der Waals surface area contributed by atoms with Crippen molar-refractivity contribution in [2.45, 2.75) is 26.3 Å². The molecule has 0 saturated carbocycles. The molecule has 1 heterocycles. The highest BCUT2D eigenvalue weighted by atomic mass is 19.3. The summed E-state index contributed by atoms with van der Waals surface area (Å²) in [5.74, 6) is -0.688. The molecule has 0 radical (unpaired) electrons. The van der Waals surface area contributed by atoms with Gasteiger partial charge in [0.1, 0.15) is 0 Å². The smallest absolute Gasteiger partial charge is 0.295 e. The SMILES string of the molecule is CC(C)[C@H](N)C(=O)Nc1ccc2nc(C(F)F)[nH]c2c1. The first-order valence-electron chi connectivity index (χ1n) is 6.22. The lowest BCUT2D eigenvalue weighted by Crippen LogP contribution is -2.39. The minimum Gasteiger partial charge on any atom is -0.337 e. The topological polar surface area (TPSA) is 83.8 Å². The van der Waals surface area contributed by atoms with E-state index in [4.69, 9.17) is 5.73 Å². The van der Waals surface area contributed by atoms with Gasteiger partial charge in [-0.1, -0.05) is 13.8 Å². The Morgan fingerprint density at radius 2 is 2.10 bits per heavy atom. The van der Waals surface area contributed by atoms with Crippen molar-refractivity contribution in [3.05, 3.63) is 24.0 Å². The predicted molar refractivity (Wildman–Crippen MR) is 72.5 cm³/mol. The summed E-state index contributed by atoms with van der Waals surface area (Å²) in [4.78, 5) is 18.1. The predicted octanol–water partition coefficient (Wildman–Crippen LogP) is 2.42. The van der Waals surface area contributed by atoms with E-state index in [1.165, 1.54) is 0 Å². The standard InChI is InChI=1S/C13H16F2N4O/c1-6(2)10(16)13(20)17-7-3-4-8-9(5-7)19-12(18-8)11(14)15/h3-6,10-11H,16H2,1-2H3,(H,17,20)(H,18,19)/t10-/m0/s1. The number of aromatic nitrogens is 2. The van der Waals surface area contributed by atoms with Gasteiger partial charge in [-0.2, -0.15) is 0 Å². The Morgan fingerprint density at radius 1 is 1.40 bits per heavy atom. The van der Waals surface area contributed by atoms with Gasteiger partial charge in [-0.3, -0.25) is 4.79 Å². The zero-order valence-corrected chi connectivity index (χ0v) is 11.2. The third-order valence-corrected chi connectivity index (χ3v) is 3.00. The third-order valence-electron chi connectivity index (χ3n) is 3.00. The van der Waals surface area contributed by atoms with E-state index in [2.05, 4.69) is 15.3 Å². The lowest BCUT2D eigenvalue weighted by molar-refractivity contribution is -0.118. The van der Waals surface area contributed by atoms with Crippen LogP contribution in [0.15, 0.2) is 18.2 Å². The molecule has 0 aliphatic rings. The van der Waals surface area contributed by atoms with Crippen molar-refractivity contribution in [2.75, 3.05) is 5.32 Å². The van der Waals surface area contributed by atoms with Crippen LogP contribution in [0.2, 0.25) is 0 Å². The Kier molecular flexibility index (Phi) is 3.99. The van der Waals surface area contributed by atoms with Crippen molar-refractivity contribution in [3.8, 4) is 0 Å². The number of anilines is 1. The Bertz CT molecular complexity index is 624. The Hall–Kier alpha value is -2.02. The molecular weight excluding hydrogens is 266 g/mol. The number of nitrogens with two attached hydrogens (primary N) is 1. The van der Waals surface area contributed by atoms with Gasteiger partial charge < -0.3 is 16.0 Å². The van der Waals surface area contributed by atoms with Crippen molar-refractivity contribution < 1.29 is 13.6 Å². The minimum absolute atomic E-state index is 0.0105. The van der Waals surface area contributed by atoms with Gasteiger partial charge >= 0.3 is 0 Å². The highest BCUT2D eigenvalue weighted by Gasteiger charge is 2.18. The van der Waals surface area contributed by atoms with E-state index in [9.17, 15) is 13.6 Å². The van der Waals surface area contributed by atoms with Crippen LogP contribution in [0.5, 0.6) is 0 Å². The molecular formula is C13H16F2N4O. The van der Waals surface area contributed by atoms with E-state index in [-0.39, 0.29) is 17.6 Å². The summed E-state index contributed by atoms with van der Waals surface area (Å²) in [6, 6.07) is 4.10. The molecule has 1 atom stereocenters. The number of hydrogen-bond acceptors (Lipinski definition) is 3. The zero-order valence-electron chi connectivity index (χ0n) is 11.2. The van der Waals surface area contributed by atoms with E-state index < -0.39 is 12.5 Å². The van der Waals surface area contributed by atoms with Gasteiger partial charge in [0, 0.05) is 5.69 Å². The normalized spacial score (nSPS) is 13.2. The van der Waals surface area contributed by atoms with Crippen molar-refractivity contribution in [2.24, 2.45) is 11.7 Å². The Balaban J connectivity index is 2.21. The largest absolute Gasteiger partial charge is 0.337 e. The second-order valence-corrected chi connectivity index (χ2v) is 4.91. The van der Waals surface area contributed by atoms with Crippen LogP contribution < -0.4 is 11.1 Å². The summed E-state index contributed by atoms with van der Waals surface area (Å²) in [6.07, 6.45) is -2.66. The van der Waals surface area contributed by atoms with Gasteiger partial charge in [0.05, 0.1) is 17.1 Å². The maximum atomic E-state index is 12.5. The number of hydrogen-bond donors (Lipinski definition) is 3. The van der Waals surface area contributed by atoms with Crippen molar-refractivity contribution in [1.29, 1.82) is 0 Å². The summed E-state index contributed by atoms with van der Waals surface area (Å²) >= 11 is 0. The van der Waals surface area contributed by atoms with Gasteiger partial charge in [-0.05, 0) is 24.1 Å². The number of carbonyl (C=O) groups excluding carboxylic acids is 1. The van der Waals surface area contributed by atoms with E-state index in [1.54, 1.807) is 18.2 Å². The molecule has 108 valence electrons. The summed E-state index contributed by atoms with van der Waals surface area (Å²) in [5.41, 5.74) is 7.09. The number of halogens is 2. The summed E-state index contributed by atoms with van der Waals surface area (Å²) < 4.78 is 25.1. The number of nitrogens with zero attached hydrogens (tertiary/aromatic N) is 1. The molecule has 2 aromatic rings. The number of fused-ring (bicyclic) bond motifs is 1. The molecule has 0 saturated heterocycles. The molecule has 0 aliphatic heterocycles. The number of benzene rings is 1. The quantitative estimate of drug-likeness (QED) is 0.805. The first-order chi connectivity index (χ1) is 9.38. The number of nitrogens with one attached hydrogen (secondary N) is 2. The Morgan fingerprint density at radius 3 is 2.70 bits per heavy atom. The zero-order chi connectivity index (χ0) is 14.9. The maximum absolute atomic E-state index is 12.5. The lowest BCUT2D eigenvalue weighted by Gasteiger charge is -2.15. The van der Waals surface area contributed by atoms with Crippen LogP contribution in [0, 0.1) is 5.92 Å². The monoisotopic (exact) mass is 282 g/mol. The second-order valence-electron chi connectivity index (χ2n) is 4.91. The molecule has 5 nitrogen and oxygen atoms in total. The highest BCUT2D eigenvalue weighted by Crippen LogP contribution is 2.22. The van der Waals surface area contributed by atoms with Gasteiger partial charge in [0.2, 0.25) is 5.91 Å². The average molecular weight is 282 g/mol. The fraction of sp³-hybridized carbons (Fsp3) is 0.385. The molecule has 0 bridgehead atoms. The van der Waals surface area contributed by atoms with Gasteiger partial charge in [-0.25, -0.2) is 13.8 Å². The Labute approximate surface area is 114 Å². The van der Waals surface area contributed by atoms with Crippen molar-refractivity contribution in [1.82, 2.24) is 9.97 Å². The molecule has 0 unspecified atom stereocenters. The van der Waals surface area contributed by atoms with Crippen LogP contribution in [0.1, 0.15) is 26.1 Å². The van der Waals surface area contributed by atoms with E-state index in [1.807, 2.05) is 13.8 Å². The highest BCUT2D eigenvalue weighted by molar-refractivity contribution is 5.96. The first kappa shape index (κ1) is 14.4. The third kappa shape index (κ3) is 2.93. The van der Waals surface area contributed by atoms with Crippen molar-refractivity contribution in [3.63, 3.8) is 0 Å². The molecule has 0 spiro atoms. The fourth-order valence-electron chi connectivity index (χ4n) is 1.74. The van der Waals surface area contributed by atoms with Crippen LogP contribution in [-0.4, -0.2) is 21.9 Å². The molecule has 2 rings (SSSR count). The number of rotatable bonds is 4. The molecule has 20 heavy (non-hydrogen) atoms. The average Bonchev–Trinajstić information content (AvgIpc) is 2.80. The van der Waals surface area contributed by atoms with Crippen LogP contribution in [0.3, 0.4) is 0 Å². The van der Waals surface area contributed by atoms with E-state index >= 15 is 0 Å². The molecule has 1 aromatic heterocycles. The van der Waals surface area contributed by atoms with Gasteiger partial charge in [0.25, 0.3) is 6.43 Å². The summed E-state index contributed by atoms with van der Waals surface area (Å²) in [6.45, 7) is 3.69. The minimum atomic E-state index is -2.66. The lowest BCUT2D eigenvalue weighted by atomic mass is 10.0. The second kappa shape index (κ2) is 5.54. The molecule has 0 fully saturated rings. The number of imidazole rings is 1. The number of alkyl halides is 2. The summed E-state index contributed by atoms with van der Waals surface area (Å²) in [7, 11) is 0. The van der Waals surface area contributed by atoms with Crippen LogP contribution >= 0.6 is 0 Å².